The standard InChI is InChI=1S/C15H22FNO2/c1-11-14(18-2)8-12(9-15(11)19-3)10-17-6-4-13(16)5-7-17/h8-9,13H,4-7,10H2,1-3H3. The third kappa shape index (κ3) is 3.38. The molecule has 0 atom stereocenters. The Balaban J connectivity index is 2.11. The van der Waals surface area contributed by atoms with Crippen LogP contribution in [0.4, 0.5) is 4.39 Å². The van der Waals surface area contributed by atoms with Gasteiger partial charge in [0.2, 0.25) is 0 Å². The van der Waals surface area contributed by atoms with Gasteiger partial charge in [-0.2, -0.15) is 0 Å². The molecule has 0 radical (unpaired) electrons. The Bertz CT molecular complexity index is 403. The van der Waals surface area contributed by atoms with E-state index in [-0.39, 0.29) is 0 Å². The van der Waals surface area contributed by atoms with Crippen LogP contribution in [0.15, 0.2) is 12.1 Å². The maximum absolute atomic E-state index is 13.1. The zero-order valence-corrected chi connectivity index (χ0v) is 11.9. The predicted molar refractivity (Wildman–Crippen MR) is 73.7 cm³/mol. The molecule has 0 amide bonds. The Morgan fingerprint density at radius 1 is 1.16 bits per heavy atom. The summed E-state index contributed by atoms with van der Waals surface area (Å²) >= 11 is 0. The number of ether oxygens (including phenoxy) is 2. The highest BCUT2D eigenvalue weighted by Crippen LogP contribution is 2.30. The van der Waals surface area contributed by atoms with Crippen molar-refractivity contribution in [3.63, 3.8) is 0 Å². The highest BCUT2D eigenvalue weighted by molar-refractivity contribution is 5.47. The molecule has 1 saturated heterocycles. The van der Waals surface area contributed by atoms with Crippen molar-refractivity contribution in [3.05, 3.63) is 23.3 Å². The van der Waals surface area contributed by atoms with Crippen molar-refractivity contribution < 1.29 is 13.9 Å². The van der Waals surface area contributed by atoms with E-state index in [0.717, 1.165) is 42.3 Å². The highest BCUT2D eigenvalue weighted by Gasteiger charge is 2.19. The molecule has 3 nitrogen and oxygen atoms in total. The normalized spacial score (nSPS) is 17.5. The number of hydrogen-bond donors (Lipinski definition) is 0. The minimum atomic E-state index is -0.627. The second kappa shape index (κ2) is 6.24. The zero-order chi connectivity index (χ0) is 13.8. The zero-order valence-electron chi connectivity index (χ0n) is 11.9. The van der Waals surface area contributed by atoms with E-state index >= 15 is 0 Å². The molecular weight excluding hydrogens is 245 g/mol. The molecule has 4 heteroatoms. The Morgan fingerprint density at radius 3 is 2.16 bits per heavy atom. The van der Waals surface area contributed by atoms with Crippen LogP contribution in [0.5, 0.6) is 11.5 Å². The van der Waals surface area contributed by atoms with Gasteiger partial charge >= 0.3 is 0 Å². The molecule has 1 aromatic rings. The summed E-state index contributed by atoms with van der Waals surface area (Å²) in [6.07, 6.45) is 0.652. The average molecular weight is 267 g/mol. The predicted octanol–water partition coefficient (Wildman–Crippen LogP) is 2.95. The van der Waals surface area contributed by atoms with Crippen molar-refractivity contribution in [2.75, 3.05) is 27.3 Å². The first kappa shape index (κ1) is 14.1. The number of piperidine rings is 1. The Kier molecular flexibility index (Phi) is 4.64. The van der Waals surface area contributed by atoms with Crippen LogP contribution in [0.1, 0.15) is 24.0 Å². The second-order valence-electron chi connectivity index (χ2n) is 5.08. The monoisotopic (exact) mass is 267 g/mol. The van der Waals surface area contributed by atoms with Crippen LogP contribution >= 0.6 is 0 Å². The Labute approximate surface area is 114 Å². The molecule has 0 bridgehead atoms. The van der Waals surface area contributed by atoms with Gasteiger partial charge in [-0.3, -0.25) is 4.90 Å². The lowest BCUT2D eigenvalue weighted by Gasteiger charge is -2.28. The lowest BCUT2D eigenvalue weighted by molar-refractivity contribution is 0.145. The summed E-state index contributed by atoms with van der Waals surface area (Å²) in [6, 6.07) is 4.08. The van der Waals surface area contributed by atoms with Crippen molar-refractivity contribution in [1.29, 1.82) is 0 Å². The molecule has 1 heterocycles. The summed E-state index contributed by atoms with van der Waals surface area (Å²) in [5, 5.41) is 0. The van der Waals surface area contributed by atoms with E-state index in [1.165, 1.54) is 0 Å². The summed E-state index contributed by atoms with van der Waals surface area (Å²) in [5.74, 6) is 1.68. The smallest absolute Gasteiger partial charge is 0.125 e. The largest absolute Gasteiger partial charge is 0.496 e. The first-order valence-electron chi connectivity index (χ1n) is 6.72. The fraction of sp³-hybridized carbons (Fsp3) is 0.600. The number of nitrogens with zero attached hydrogens (tertiary/aromatic N) is 1. The molecule has 0 aliphatic carbocycles. The van der Waals surface area contributed by atoms with E-state index in [0.29, 0.717) is 12.8 Å². The molecule has 106 valence electrons. The molecule has 1 aliphatic rings. The molecule has 2 rings (SSSR count). The molecule has 0 aromatic heterocycles. The lowest BCUT2D eigenvalue weighted by Crippen LogP contribution is -2.33. The molecule has 0 N–H and O–H groups in total. The van der Waals surface area contributed by atoms with Gasteiger partial charge in [0.25, 0.3) is 0 Å². The molecule has 19 heavy (non-hydrogen) atoms. The van der Waals surface area contributed by atoms with Crippen LogP contribution in [0.3, 0.4) is 0 Å². The van der Waals surface area contributed by atoms with Crippen LogP contribution in [0.2, 0.25) is 0 Å². The molecule has 0 spiro atoms. The van der Waals surface area contributed by atoms with E-state index in [1.54, 1.807) is 14.2 Å². The SMILES string of the molecule is COc1cc(CN2CCC(F)CC2)cc(OC)c1C. The van der Waals surface area contributed by atoms with Gasteiger partial charge in [0.1, 0.15) is 17.7 Å². The topological polar surface area (TPSA) is 21.7 Å². The Hall–Kier alpha value is -1.29. The molecular formula is C15H22FNO2. The fourth-order valence-corrected chi connectivity index (χ4v) is 2.55. The van der Waals surface area contributed by atoms with Crippen molar-refractivity contribution in [1.82, 2.24) is 4.90 Å². The van der Waals surface area contributed by atoms with Gasteiger partial charge in [-0.05, 0) is 37.5 Å². The van der Waals surface area contributed by atoms with Crippen LogP contribution in [0.25, 0.3) is 0 Å². The summed E-state index contributed by atoms with van der Waals surface area (Å²) in [7, 11) is 3.33. The fourth-order valence-electron chi connectivity index (χ4n) is 2.55. The maximum Gasteiger partial charge on any atom is 0.125 e. The number of alkyl halides is 1. The van der Waals surface area contributed by atoms with Crippen molar-refractivity contribution in [2.24, 2.45) is 0 Å². The molecule has 0 unspecified atom stereocenters. The molecule has 1 fully saturated rings. The van der Waals surface area contributed by atoms with E-state index in [4.69, 9.17) is 9.47 Å². The number of rotatable bonds is 4. The van der Waals surface area contributed by atoms with Gasteiger partial charge in [-0.25, -0.2) is 4.39 Å². The highest BCUT2D eigenvalue weighted by atomic mass is 19.1. The second-order valence-corrected chi connectivity index (χ2v) is 5.08. The number of benzene rings is 1. The van der Waals surface area contributed by atoms with Gasteiger partial charge in [-0.15, -0.1) is 0 Å². The lowest BCUT2D eigenvalue weighted by atomic mass is 10.1. The molecule has 1 aromatic carbocycles. The third-order valence-electron chi connectivity index (χ3n) is 3.74. The van der Waals surface area contributed by atoms with Crippen LogP contribution < -0.4 is 9.47 Å². The van der Waals surface area contributed by atoms with Gasteiger partial charge < -0.3 is 9.47 Å². The van der Waals surface area contributed by atoms with Crippen LogP contribution in [-0.2, 0) is 6.54 Å². The average Bonchev–Trinajstić information content (AvgIpc) is 2.43. The number of methoxy groups -OCH3 is 2. The number of likely N-dealkylation sites (tertiary alicyclic amines) is 1. The third-order valence-corrected chi connectivity index (χ3v) is 3.74. The molecule has 0 saturated carbocycles. The summed E-state index contributed by atoms with van der Waals surface area (Å²) in [6.45, 7) is 4.44. The minimum absolute atomic E-state index is 0.627. The summed E-state index contributed by atoms with van der Waals surface area (Å²) < 4.78 is 23.9. The van der Waals surface area contributed by atoms with Gasteiger partial charge in [-0.1, -0.05) is 0 Å². The van der Waals surface area contributed by atoms with E-state index in [1.807, 2.05) is 19.1 Å². The first-order chi connectivity index (χ1) is 9.13. The van der Waals surface area contributed by atoms with Crippen molar-refractivity contribution in [2.45, 2.75) is 32.5 Å². The van der Waals surface area contributed by atoms with E-state index < -0.39 is 6.17 Å². The number of hydrogen-bond acceptors (Lipinski definition) is 3. The van der Waals surface area contributed by atoms with E-state index in [9.17, 15) is 4.39 Å². The van der Waals surface area contributed by atoms with Crippen molar-refractivity contribution >= 4 is 0 Å². The van der Waals surface area contributed by atoms with Crippen LogP contribution in [0, 0.1) is 6.92 Å². The number of halogens is 1. The van der Waals surface area contributed by atoms with Crippen LogP contribution in [-0.4, -0.2) is 38.4 Å². The summed E-state index contributed by atoms with van der Waals surface area (Å²) in [5.41, 5.74) is 2.16. The first-order valence-corrected chi connectivity index (χ1v) is 6.72. The Morgan fingerprint density at radius 2 is 1.68 bits per heavy atom. The minimum Gasteiger partial charge on any atom is -0.496 e. The summed E-state index contributed by atoms with van der Waals surface area (Å²) in [4.78, 5) is 2.28. The van der Waals surface area contributed by atoms with Crippen molar-refractivity contribution in [3.8, 4) is 11.5 Å². The van der Waals surface area contributed by atoms with Gasteiger partial charge in [0.05, 0.1) is 14.2 Å². The van der Waals surface area contributed by atoms with Gasteiger partial charge in [0, 0.05) is 25.2 Å². The quantitative estimate of drug-likeness (QED) is 0.837. The molecule has 1 aliphatic heterocycles. The van der Waals surface area contributed by atoms with E-state index in [2.05, 4.69) is 4.90 Å². The van der Waals surface area contributed by atoms with Gasteiger partial charge in [0.15, 0.2) is 0 Å². The maximum atomic E-state index is 13.1.